The first kappa shape index (κ1) is 15.3. The smallest absolute Gasteiger partial charge is 0.274 e. The fourth-order valence-electron chi connectivity index (χ4n) is 3.80. The van der Waals surface area contributed by atoms with Gasteiger partial charge in [0.25, 0.3) is 5.91 Å². The zero-order valence-corrected chi connectivity index (χ0v) is 13.4. The summed E-state index contributed by atoms with van der Waals surface area (Å²) in [7, 11) is 0. The molecule has 0 atom stereocenters. The Kier molecular flexibility index (Phi) is 4.60. The first-order valence-electron chi connectivity index (χ1n) is 8.47. The molecule has 1 aromatic rings. The van der Waals surface area contributed by atoms with Crippen molar-refractivity contribution in [1.29, 1.82) is 0 Å². The molecular weight excluding hydrogens is 278 g/mol. The third kappa shape index (κ3) is 3.23. The molecule has 2 aliphatic rings. The van der Waals surface area contributed by atoms with E-state index in [4.69, 9.17) is 4.74 Å². The van der Waals surface area contributed by atoms with Crippen LogP contribution in [0, 0.1) is 5.41 Å². The second-order valence-electron chi connectivity index (χ2n) is 6.53. The molecule has 1 spiro atoms. The van der Waals surface area contributed by atoms with Gasteiger partial charge in [0.1, 0.15) is 5.69 Å². The van der Waals surface area contributed by atoms with Crippen LogP contribution in [0.15, 0.2) is 12.4 Å². The lowest BCUT2D eigenvalue weighted by molar-refractivity contribution is 0.0467. The highest BCUT2D eigenvalue weighted by Crippen LogP contribution is 2.44. The summed E-state index contributed by atoms with van der Waals surface area (Å²) in [6.45, 7) is 4.16. The van der Waals surface area contributed by atoms with Crippen LogP contribution in [-0.2, 0) is 0 Å². The molecule has 1 saturated heterocycles. The van der Waals surface area contributed by atoms with Crippen LogP contribution in [0.5, 0.6) is 5.88 Å². The van der Waals surface area contributed by atoms with Gasteiger partial charge in [-0.15, -0.1) is 0 Å². The molecule has 0 aromatic carbocycles. The zero-order valence-electron chi connectivity index (χ0n) is 13.4. The molecule has 0 bridgehead atoms. The minimum absolute atomic E-state index is 0.00112. The number of ether oxygens (including phenoxy) is 1. The summed E-state index contributed by atoms with van der Waals surface area (Å²) >= 11 is 0. The Hall–Kier alpha value is -1.65. The predicted molar refractivity (Wildman–Crippen MR) is 83.9 cm³/mol. The monoisotopic (exact) mass is 303 g/mol. The number of carbonyl (C=O) groups is 1. The van der Waals surface area contributed by atoms with Crippen LogP contribution in [0.3, 0.4) is 0 Å². The number of carbonyl (C=O) groups excluding carboxylic acids is 1. The van der Waals surface area contributed by atoms with Gasteiger partial charge in [-0.25, -0.2) is 9.97 Å². The quantitative estimate of drug-likeness (QED) is 0.861. The molecule has 5 nitrogen and oxygen atoms in total. The molecule has 0 unspecified atom stereocenters. The number of aromatic nitrogens is 2. The van der Waals surface area contributed by atoms with Crippen LogP contribution in [0.2, 0.25) is 0 Å². The normalized spacial score (nSPS) is 20.9. The van der Waals surface area contributed by atoms with E-state index in [-0.39, 0.29) is 5.91 Å². The average Bonchev–Trinajstić information content (AvgIpc) is 2.57. The Bertz CT molecular complexity index is 499. The van der Waals surface area contributed by atoms with E-state index in [9.17, 15) is 4.79 Å². The average molecular weight is 303 g/mol. The molecule has 22 heavy (non-hydrogen) atoms. The van der Waals surface area contributed by atoms with Crippen molar-refractivity contribution in [3.63, 3.8) is 0 Å². The highest BCUT2D eigenvalue weighted by atomic mass is 16.5. The summed E-state index contributed by atoms with van der Waals surface area (Å²) in [5.74, 6) is 0.472. The van der Waals surface area contributed by atoms with E-state index in [0.717, 1.165) is 25.9 Å². The Morgan fingerprint density at radius 2 is 1.86 bits per heavy atom. The van der Waals surface area contributed by atoms with Gasteiger partial charge >= 0.3 is 0 Å². The first-order chi connectivity index (χ1) is 10.7. The highest BCUT2D eigenvalue weighted by Gasteiger charge is 2.36. The van der Waals surface area contributed by atoms with Gasteiger partial charge < -0.3 is 9.64 Å². The summed E-state index contributed by atoms with van der Waals surface area (Å²) < 4.78 is 5.26. The molecule has 5 heteroatoms. The van der Waals surface area contributed by atoms with Gasteiger partial charge in [0, 0.05) is 13.1 Å². The molecule has 3 rings (SSSR count). The summed E-state index contributed by atoms with van der Waals surface area (Å²) in [6, 6.07) is 0. The van der Waals surface area contributed by atoms with E-state index >= 15 is 0 Å². The number of amides is 1. The number of hydrogen-bond donors (Lipinski definition) is 0. The molecule has 1 aliphatic carbocycles. The van der Waals surface area contributed by atoms with Crippen molar-refractivity contribution in [2.24, 2.45) is 5.41 Å². The molecule has 1 aromatic heterocycles. The maximum Gasteiger partial charge on any atom is 0.274 e. The Morgan fingerprint density at radius 1 is 1.14 bits per heavy atom. The van der Waals surface area contributed by atoms with E-state index in [0.29, 0.717) is 23.6 Å². The maximum atomic E-state index is 12.5. The summed E-state index contributed by atoms with van der Waals surface area (Å²) in [4.78, 5) is 22.8. The molecule has 1 aliphatic heterocycles. The molecule has 120 valence electrons. The Morgan fingerprint density at radius 3 is 2.45 bits per heavy atom. The van der Waals surface area contributed by atoms with Gasteiger partial charge in [-0.3, -0.25) is 4.79 Å². The van der Waals surface area contributed by atoms with E-state index in [1.54, 1.807) is 0 Å². The van der Waals surface area contributed by atoms with Gasteiger partial charge in [0.15, 0.2) is 0 Å². The largest absolute Gasteiger partial charge is 0.477 e. The van der Waals surface area contributed by atoms with Crippen LogP contribution in [0.4, 0.5) is 0 Å². The van der Waals surface area contributed by atoms with Gasteiger partial charge in [0.05, 0.1) is 19.0 Å². The third-order valence-corrected chi connectivity index (χ3v) is 5.17. The van der Waals surface area contributed by atoms with Gasteiger partial charge in [0.2, 0.25) is 5.88 Å². The molecule has 1 saturated carbocycles. The summed E-state index contributed by atoms with van der Waals surface area (Å²) in [5.41, 5.74) is 0.933. The van der Waals surface area contributed by atoms with E-state index < -0.39 is 0 Å². The molecule has 2 heterocycles. The number of hydrogen-bond acceptors (Lipinski definition) is 4. The molecule has 2 fully saturated rings. The molecule has 0 radical (unpaired) electrons. The predicted octanol–water partition coefficient (Wildman–Crippen LogP) is 3.06. The van der Waals surface area contributed by atoms with Crippen LogP contribution in [-0.4, -0.2) is 40.5 Å². The van der Waals surface area contributed by atoms with Crippen molar-refractivity contribution in [1.82, 2.24) is 14.9 Å². The maximum absolute atomic E-state index is 12.5. The van der Waals surface area contributed by atoms with Gasteiger partial charge in [-0.1, -0.05) is 19.3 Å². The van der Waals surface area contributed by atoms with Gasteiger partial charge in [-0.05, 0) is 38.0 Å². The fourth-order valence-corrected chi connectivity index (χ4v) is 3.80. The van der Waals surface area contributed by atoms with Crippen LogP contribution < -0.4 is 4.74 Å². The van der Waals surface area contributed by atoms with E-state index in [1.807, 2.05) is 11.8 Å². The number of nitrogens with zero attached hydrogens (tertiary/aromatic N) is 3. The van der Waals surface area contributed by atoms with Crippen molar-refractivity contribution >= 4 is 5.91 Å². The summed E-state index contributed by atoms with van der Waals surface area (Å²) in [6.07, 6.45) is 12.1. The van der Waals surface area contributed by atoms with Crippen molar-refractivity contribution in [2.45, 2.75) is 51.9 Å². The molecule has 0 N–H and O–H groups in total. The SMILES string of the molecule is CCOc1cnc(C(=O)N2CCC3(CCCCC3)CC2)cn1. The van der Waals surface area contributed by atoms with Crippen LogP contribution >= 0.6 is 0 Å². The second kappa shape index (κ2) is 6.63. The molecular formula is C17H25N3O2. The van der Waals surface area contributed by atoms with Crippen molar-refractivity contribution in [3.05, 3.63) is 18.1 Å². The van der Waals surface area contributed by atoms with Crippen molar-refractivity contribution in [3.8, 4) is 5.88 Å². The first-order valence-corrected chi connectivity index (χ1v) is 8.47. The highest BCUT2D eigenvalue weighted by molar-refractivity contribution is 5.92. The lowest BCUT2D eigenvalue weighted by Gasteiger charge is -2.44. The number of piperidine rings is 1. The van der Waals surface area contributed by atoms with Gasteiger partial charge in [-0.2, -0.15) is 0 Å². The standard InChI is InChI=1S/C17H25N3O2/c1-2-22-15-13-18-14(12-19-15)16(21)20-10-8-17(9-11-20)6-4-3-5-7-17/h12-13H,2-11H2,1H3. The van der Waals surface area contributed by atoms with E-state index in [2.05, 4.69) is 9.97 Å². The second-order valence-corrected chi connectivity index (χ2v) is 6.53. The van der Waals surface area contributed by atoms with E-state index in [1.165, 1.54) is 44.5 Å². The Balaban J connectivity index is 1.59. The minimum atomic E-state index is 0.00112. The lowest BCUT2D eigenvalue weighted by Crippen LogP contribution is -2.44. The Labute approximate surface area is 132 Å². The van der Waals surface area contributed by atoms with Crippen molar-refractivity contribution in [2.75, 3.05) is 19.7 Å². The topological polar surface area (TPSA) is 55.3 Å². The number of likely N-dealkylation sites (tertiary alicyclic amines) is 1. The third-order valence-electron chi connectivity index (χ3n) is 5.17. The van der Waals surface area contributed by atoms with Crippen LogP contribution in [0.25, 0.3) is 0 Å². The fraction of sp³-hybridized carbons (Fsp3) is 0.706. The lowest BCUT2D eigenvalue weighted by atomic mass is 9.68. The minimum Gasteiger partial charge on any atom is -0.477 e. The zero-order chi connectivity index (χ0) is 15.4. The number of rotatable bonds is 3. The van der Waals surface area contributed by atoms with Crippen LogP contribution in [0.1, 0.15) is 62.4 Å². The summed E-state index contributed by atoms with van der Waals surface area (Å²) in [5, 5.41) is 0. The van der Waals surface area contributed by atoms with Crippen molar-refractivity contribution < 1.29 is 9.53 Å². The molecule has 1 amide bonds.